The van der Waals surface area contributed by atoms with Crippen molar-refractivity contribution in [2.24, 2.45) is 0 Å². The molecule has 0 unspecified atom stereocenters. The summed E-state index contributed by atoms with van der Waals surface area (Å²) in [4.78, 5) is 4.72. The van der Waals surface area contributed by atoms with E-state index in [4.69, 9.17) is 0 Å². The normalized spacial score (nSPS) is 14.9. The second kappa shape index (κ2) is 11.1. The average molecular weight is 620 g/mol. The highest BCUT2D eigenvalue weighted by atomic mass is 15.2. The first-order valence-corrected chi connectivity index (χ1v) is 16.6. The molecule has 2 aliphatic heterocycles. The van der Waals surface area contributed by atoms with Crippen LogP contribution < -0.4 is 9.80 Å². The van der Waals surface area contributed by atoms with Gasteiger partial charge in [0.15, 0.2) is 0 Å². The number of nitrogens with zero attached hydrogens (tertiary/aromatic N) is 3. The molecule has 6 aromatic carbocycles. The number of allylic oxidation sites excluding steroid dienone is 1. The number of nitriles is 1. The number of rotatable bonds is 4. The van der Waals surface area contributed by atoms with Gasteiger partial charge in [-0.1, -0.05) is 125 Å². The summed E-state index contributed by atoms with van der Waals surface area (Å²) in [5.74, 6) is 0. The van der Waals surface area contributed by atoms with Crippen LogP contribution in [-0.2, 0) is 10.8 Å². The monoisotopic (exact) mass is 619 g/mol. The smallest absolute Gasteiger partial charge is 0.0918 e. The highest BCUT2D eigenvalue weighted by Gasteiger charge is 2.37. The highest BCUT2D eigenvalue weighted by Crippen LogP contribution is 2.53. The molecule has 0 aromatic heterocycles. The van der Waals surface area contributed by atoms with Crippen LogP contribution in [0.15, 0.2) is 152 Å². The van der Waals surface area contributed by atoms with Gasteiger partial charge in [0.1, 0.15) is 0 Å². The van der Waals surface area contributed by atoms with Crippen molar-refractivity contribution in [2.75, 3.05) is 9.80 Å². The predicted octanol–water partition coefficient (Wildman–Crippen LogP) is 11.9. The summed E-state index contributed by atoms with van der Waals surface area (Å²) in [6, 6.07) is 54.3. The van der Waals surface area contributed by atoms with Crippen LogP contribution in [0.25, 0.3) is 5.57 Å². The summed E-state index contributed by atoms with van der Waals surface area (Å²) >= 11 is 0. The van der Waals surface area contributed by atoms with E-state index in [1.54, 1.807) is 6.08 Å². The van der Waals surface area contributed by atoms with E-state index in [0.717, 1.165) is 28.1 Å². The molecule has 0 radical (unpaired) electrons. The first-order chi connectivity index (χ1) is 23.3. The van der Waals surface area contributed by atoms with Crippen molar-refractivity contribution < 1.29 is 0 Å². The maximum atomic E-state index is 9.87. The zero-order chi connectivity index (χ0) is 33.0. The van der Waals surface area contributed by atoms with Crippen LogP contribution in [0.1, 0.15) is 61.1 Å². The van der Waals surface area contributed by atoms with Crippen molar-refractivity contribution in [3.8, 4) is 6.07 Å². The van der Waals surface area contributed by atoms with Crippen molar-refractivity contribution in [3.05, 3.63) is 185 Å². The fourth-order valence-electron chi connectivity index (χ4n) is 7.87. The molecule has 2 aliphatic rings. The third kappa shape index (κ3) is 4.48. The molecule has 3 heteroatoms. The Morgan fingerprint density at radius 2 is 0.750 bits per heavy atom. The quantitative estimate of drug-likeness (QED) is 0.184. The Morgan fingerprint density at radius 3 is 1.04 bits per heavy atom. The summed E-state index contributed by atoms with van der Waals surface area (Å²) in [7, 11) is 0. The number of benzene rings is 6. The Kier molecular flexibility index (Phi) is 6.86. The molecule has 0 amide bonds. The van der Waals surface area contributed by atoms with Gasteiger partial charge in [0, 0.05) is 28.3 Å². The van der Waals surface area contributed by atoms with E-state index in [-0.39, 0.29) is 10.8 Å². The van der Waals surface area contributed by atoms with Crippen LogP contribution >= 0.6 is 0 Å². The summed E-state index contributed by atoms with van der Waals surface area (Å²) in [6.07, 6.45) is 1.66. The van der Waals surface area contributed by atoms with E-state index in [2.05, 4.69) is 189 Å². The van der Waals surface area contributed by atoms with Crippen molar-refractivity contribution in [1.29, 1.82) is 5.26 Å². The third-order valence-corrected chi connectivity index (χ3v) is 10.4. The molecule has 3 nitrogen and oxygen atoms in total. The standard InChI is InChI=1S/C45H37N3/c1-44(2)36-13-5-9-17-40(36)47(41-18-10-6-14-37(41)44)33-25-21-31(22-26-33)35(29-30-46)32-23-27-34(28-24-32)48-42-19-11-7-15-38(42)45(3,4)39-16-8-12-20-43(39)48/h5-29H,1-4H3. The first-order valence-electron chi connectivity index (χ1n) is 16.6. The third-order valence-electron chi connectivity index (χ3n) is 10.4. The van der Waals surface area contributed by atoms with Gasteiger partial charge in [-0.05, 0) is 87.5 Å². The van der Waals surface area contributed by atoms with Gasteiger partial charge in [-0.2, -0.15) is 5.26 Å². The molecule has 0 fully saturated rings. The molecule has 48 heavy (non-hydrogen) atoms. The SMILES string of the molecule is CC1(C)c2ccccc2N(c2ccc(C(=CC#N)c3ccc(N4c5ccccc5C(C)(C)c5ccccc54)cc3)cc2)c2ccccc21. The Morgan fingerprint density at radius 1 is 0.458 bits per heavy atom. The zero-order valence-electron chi connectivity index (χ0n) is 27.8. The number of anilines is 6. The van der Waals surface area contributed by atoms with Gasteiger partial charge >= 0.3 is 0 Å². The largest absolute Gasteiger partial charge is 0.310 e. The molecule has 6 aromatic rings. The molecule has 232 valence electrons. The van der Waals surface area contributed by atoms with E-state index < -0.39 is 0 Å². The lowest BCUT2D eigenvalue weighted by atomic mass is 9.73. The molecule has 2 heterocycles. The van der Waals surface area contributed by atoms with Crippen LogP contribution in [0.4, 0.5) is 34.1 Å². The first kappa shape index (κ1) is 29.5. The van der Waals surface area contributed by atoms with Crippen LogP contribution in [0, 0.1) is 11.3 Å². The van der Waals surface area contributed by atoms with Crippen molar-refractivity contribution in [3.63, 3.8) is 0 Å². The summed E-state index contributed by atoms with van der Waals surface area (Å²) in [5.41, 5.74) is 14.9. The van der Waals surface area contributed by atoms with E-state index in [1.165, 1.54) is 45.0 Å². The number of hydrogen-bond donors (Lipinski definition) is 0. The minimum absolute atomic E-state index is 0.104. The average Bonchev–Trinajstić information content (AvgIpc) is 3.12. The fraction of sp³-hybridized carbons (Fsp3) is 0.133. The van der Waals surface area contributed by atoms with Crippen LogP contribution in [0.3, 0.4) is 0 Å². The Labute approximate surface area is 283 Å². The summed E-state index contributed by atoms with van der Waals surface area (Å²) < 4.78 is 0. The molecule has 0 saturated heterocycles. The number of hydrogen-bond acceptors (Lipinski definition) is 3. The molecule has 8 rings (SSSR count). The Hall–Kier alpha value is -5.85. The van der Waals surface area contributed by atoms with Gasteiger partial charge in [0.2, 0.25) is 0 Å². The second-order valence-corrected chi connectivity index (χ2v) is 13.8. The van der Waals surface area contributed by atoms with Gasteiger partial charge in [0.25, 0.3) is 0 Å². The van der Waals surface area contributed by atoms with Crippen LogP contribution in [0.2, 0.25) is 0 Å². The molecular weight excluding hydrogens is 583 g/mol. The Bertz CT molecular complexity index is 2000. The Balaban J connectivity index is 1.15. The van der Waals surface area contributed by atoms with E-state index in [9.17, 15) is 5.26 Å². The molecule has 0 saturated carbocycles. The second-order valence-electron chi connectivity index (χ2n) is 13.8. The lowest BCUT2D eigenvalue weighted by Crippen LogP contribution is -2.30. The molecule has 0 aliphatic carbocycles. The molecule has 0 spiro atoms. The molecule has 0 atom stereocenters. The topological polar surface area (TPSA) is 30.3 Å². The van der Waals surface area contributed by atoms with Crippen LogP contribution in [0.5, 0.6) is 0 Å². The predicted molar refractivity (Wildman–Crippen MR) is 199 cm³/mol. The van der Waals surface area contributed by atoms with Gasteiger partial charge in [-0.25, -0.2) is 0 Å². The zero-order valence-corrected chi connectivity index (χ0v) is 27.8. The summed E-state index contributed by atoms with van der Waals surface area (Å²) in [6.45, 7) is 9.22. The molecular formula is C45H37N3. The summed E-state index contributed by atoms with van der Waals surface area (Å²) in [5, 5.41) is 9.87. The maximum Gasteiger partial charge on any atom is 0.0918 e. The lowest BCUT2D eigenvalue weighted by molar-refractivity contribution is 0.632. The van der Waals surface area contributed by atoms with Gasteiger partial charge in [-0.3, -0.25) is 0 Å². The number of para-hydroxylation sites is 4. The van der Waals surface area contributed by atoms with E-state index in [0.29, 0.717) is 0 Å². The van der Waals surface area contributed by atoms with Gasteiger partial charge < -0.3 is 9.80 Å². The molecule has 0 bridgehead atoms. The van der Waals surface area contributed by atoms with E-state index >= 15 is 0 Å². The maximum absolute atomic E-state index is 9.87. The lowest BCUT2D eigenvalue weighted by Gasteiger charge is -2.42. The number of fused-ring (bicyclic) bond motifs is 4. The highest BCUT2D eigenvalue weighted by molar-refractivity contribution is 5.89. The van der Waals surface area contributed by atoms with Crippen molar-refractivity contribution >= 4 is 39.7 Å². The fourth-order valence-corrected chi connectivity index (χ4v) is 7.87. The van der Waals surface area contributed by atoms with Gasteiger partial charge in [0.05, 0.1) is 28.8 Å². The minimum atomic E-state index is -0.104. The molecule has 0 N–H and O–H groups in total. The van der Waals surface area contributed by atoms with E-state index in [1.807, 2.05) is 0 Å². The van der Waals surface area contributed by atoms with Crippen molar-refractivity contribution in [2.45, 2.75) is 38.5 Å². The van der Waals surface area contributed by atoms with Crippen LogP contribution in [-0.4, -0.2) is 0 Å². The minimum Gasteiger partial charge on any atom is -0.310 e. The van der Waals surface area contributed by atoms with Gasteiger partial charge in [-0.15, -0.1) is 0 Å². The van der Waals surface area contributed by atoms with Crippen molar-refractivity contribution in [1.82, 2.24) is 0 Å².